The minimum atomic E-state index is -0.684. The smallest absolute Gasteiger partial charge is 0.235 e. The van der Waals surface area contributed by atoms with Gasteiger partial charge in [-0.3, -0.25) is 4.79 Å². The number of hydrogen-bond donors (Lipinski definition) is 4. The van der Waals surface area contributed by atoms with Crippen molar-refractivity contribution in [3.05, 3.63) is 53.7 Å². The van der Waals surface area contributed by atoms with Crippen LogP contribution in [0.15, 0.2) is 42.5 Å². The predicted octanol–water partition coefficient (Wildman–Crippen LogP) is 3.97. The fourth-order valence-electron chi connectivity index (χ4n) is 4.30. The third-order valence-electron chi connectivity index (χ3n) is 6.29. The van der Waals surface area contributed by atoms with Gasteiger partial charge in [0, 0.05) is 40.9 Å². The van der Waals surface area contributed by atoms with Crippen LogP contribution in [0.1, 0.15) is 44.9 Å². The number of carbonyl (C=O) groups is 1. The molecule has 2 radical (unpaired) electrons. The maximum Gasteiger partial charge on any atom is 0.235 e. The Labute approximate surface area is 189 Å². The van der Waals surface area contributed by atoms with E-state index in [-0.39, 0.29) is 35.2 Å². The lowest BCUT2D eigenvalue weighted by Gasteiger charge is -2.24. The van der Waals surface area contributed by atoms with Gasteiger partial charge in [-0.25, -0.2) is 0 Å². The summed E-state index contributed by atoms with van der Waals surface area (Å²) in [7, 11) is 6.03. The van der Waals surface area contributed by atoms with E-state index in [4.69, 9.17) is 7.85 Å². The van der Waals surface area contributed by atoms with Crippen LogP contribution < -0.4 is 5.32 Å². The second kappa shape index (κ2) is 7.89. The van der Waals surface area contributed by atoms with E-state index >= 15 is 0 Å². The van der Waals surface area contributed by atoms with Gasteiger partial charge in [-0.05, 0) is 60.6 Å². The normalized spacial score (nSPS) is 16.1. The molecule has 4 N–H and O–H groups in total. The number of aromatic nitrogens is 1. The summed E-state index contributed by atoms with van der Waals surface area (Å²) < 4.78 is 2.14. The zero-order chi connectivity index (χ0) is 23.3. The number of nitrogens with zero attached hydrogens (tertiary/aromatic N) is 1. The fraction of sp³-hybridized carbons (Fsp3) is 0.400. The summed E-state index contributed by atoms with van der Waals surface area (Å²) in [4.78, 5) is 13.1. The molecule has 166 valence electrons. The van der Waals surface area contributed by atoms with Crippen LogP contribution in [0.3, 0.4) is 0 Å². The molecule has 1 aromatic heterocycles. The maximum absolute atomic E-state index is 13.1. The van der Waals surface area contributed by atoms with Crippen molar-refractivity contribution in [1.29, 1.82) is 0 Å². The van der Waals surface area contributed by atoms with Gasteiger partial charge in [-0.15, -0.1) is 0 Å². The van der Waals surface area contributed by atoms with Crippen LogP contribution in [-0.2, 0) is 22.2 Å². The topological polar surface area (TPSA) is 94.7 Å². The van der Waals surface area contributed by atoms with Crippen LogP contribution in [0.25, 0.3) is 10.9 Å². The maximum atomic E-state index is 13.1. The van der Waals surface area contributed by atoms with E-state index in [0.717, 1.165) is 16.6 Å². The first-order valence-corrected chi connectivity index (χ1v) is 10.9. The van der Waals surface area contributed by atoms with Gasteiger partial charge in [-0.2, -0.15) is 0 Å². The number of rotatable bonds is 6. The molecule has 7 heteroatoms. The van der Waals surface area contributed by atoms with Gasteiger partial charge < -0.3 is 25.2 Å². The molecule has 1 fully saturated rings. The van der Waals surface area contributed by atoms with Gasteiger partial charge in [-0.1, -0.05) is 26.8 Å². The van der Waals surface area contributed by atoms with Crippen LogP contribution in [0.5, 0.6) is 11.5 Å². The lowest BCUT2D eigenvalue weighted by atomic mass is 9.87. The van der Waals surface area contributed by atoms with Gasteiger partial charge in [0.15, 0.2) is 11.5 Å². The molecule has 0 saturated heterocycles. The first kappa shape index (κ1) is 22.3. The highest BCUT2D eigenvalue weighted by Gasteiger charge is 2.51. The minimum absolute atomic E-state index is 0.0910. The molecule has 0 spiro atoms. The summed E-state index contributed by atoms with van der Waals surface area (Å²) in [5, 5.41) is 32.9. The zero-order valence-corrected chi connectivity index (χ0v) is 18.7. The Morgan fingerprint density at radius 2 is 1.84 bits per heavy atom. The molecule has 2 aromatic carbocycles. The van der Waals surface area contributed by atoms with Crippen molar-refractivity contribution in [2.45, 2.75) is 56.8 Å². The third-order valence-corrected chi connectivity index (χ3v) is 6.29. The quantitative estimate of drug-likeness (QED) is 0.350. The van der Waals surface area contributed by atoms with E-state index in [1.807, 2.05) is 18.2 Å². The summed E-state index contributed by atoms with van der Waals surface area (Å²) >= 11 is 0. The highest BCUT2D eigenvalue weighted by atomic mass is 16.3. The van der Waals surface area contributed by atoms with Crippen molar-refractivity contribution in [3.63, 3.8) is 0 Å². The van der Waals surface area contributed by atoms with Crippen molar-refractivity contribution >= 4 is 30.3 Å². The molecule has 6 nitrogen and oxygen atoms in total. The van der Waals surface area contributed by atoms with E-state index in [0.29, 0.717) is 30.6 Å². The molecule has 0 aliphatic heterocycles. The number of benzene rings is 2. The number of phenols is 2. The Balaban J connectivity index is 1.64. The standard InChI is InChI=1S/C25H29BN2O4/c1-24(2,3)22-11-15-10-18(5-6-19(15)28(22)13-17(26)14-29)27-23(32)25(8-9-25)16-4-7-20(30)21(31)12-16/h4-7,10-12,17,29-31H,8-9,13-14H2,1-3H3,(H,27,32). The molecule has 1 amide bonds. The number of fused-ring (bicyclic) bond motifs is 1. The van der Waals surface area contributed by atoms with Crippen molar-refractivity contribution in [3.8, 4) is 11.5 Å². The van der Waals surface area contributed by atoms with E-state index in [1.54, 1.807) is 6.07 Å². The second-order valence-corrected chi connectivity index (χ2v) is 9.85. The third kappa shape index (κ3) is 3.97. The van der Waals surface area contributed by atoms with Crippen LogP contribution in [0.4, 0.5) is 5.69 Å². The predicted molar refractivity (Wildman–Crippen MR) is 127 cm³/mol. The average Bonchev–Trinajstić information content (AvgIpc) is 3.47. The number of aliphatic hydroxyl groups is 1. The molecular weight excluding hydrogens is 403 g/mol. The molecule has 1 aliphatic carbocycles. The van der Waals surface area contributed by atoms with E-state index in [1.165, 1.54) is 12.1 Å². The SMILES string of the molecule is [B]C(CO)Cn1c(C(C)(C)C)cc2cc(NC(=O)C3(c4ccc(O)c(O)c4)CC3)ccc21. The lowest BCUT2D eigenvalue weighted by Crippen LogP contribution is -2.27. The Kier molecular flexibility index (Phi) is 5.49. The number of amides is 1. The Hall–Kier alpha value is -2.93. The van der Waals surface area contributed by atoms with Crippen LogP contribution in [-0.4, -0.2) is 40.2 Å². The van der Waals surface area contributed by atoms with Gasteiger partial charge in [0.25, 0.3) is 0 Å². The van der Waals surface area contributed by atoms with Crippen molar-refractivity contribution in [1.82, 2.24) is 4.57 Å². The monoisotopic (exact) mass is 432 g/mol. The zero-order valence-electron chi connectivity index (χ0n) is 18.7. The number of anilines is 1. The second-order valence-electron chi connectivity index (χ2n) is 9.85. The first-order valence-electron chi connectivity index (χ1n) is 10.9. The summed E-state index contributed by atoms with van der Waals surface area (Å²) in [6.07, 6.45) is 1.38. The van der Waals surface area contributed by atoms with Crippen molar-refractivity contribution in [2.75, 3.05) is 11.9 Å². The number of carbonyl (C=O) groups excluding carboxylic acids is 1. The fourth-order valence-corrected chi connectivity index (χ4v) is 4.30. The molecule has 1 aliphatic rings. The lowest BCUT2D eigenvalue weighted by molar-refractivity contribution is -0.118. The minimum Gasteiger partial charge on any atom is -0.504 e. The largest absolute Gasteiger partial charge is 0.504 e. The highest BCUT2D eigenvalue weighted by molar-refractivity contribution is 6.11. The number of phenolic OH excluding ortho intramolecular Hbond substituents is 2. The number of aliphatic hydroxyl groups excluding tert-OH is 1. The summed E-state index contributed by atoms with van der Waals surface area (Å²) in [5.41, 5.74) is 2.71. The average molecular weight is 432 g/mol. The van der Waals surface area contributed by atoms with Gasteiger partial charge >= 0.3 is 0 Å². The summed E-state index contributed by atoms with van der Waals surface area (Å²) in [5.74, 6) is -0.905. The molecular formula is C25H29BN2O4. The molecule has 1 heterocycles. The Bertz CT molecular complexity index is 1170. The van der Waals surface area contributed by atoms with Crippen molar-refractivity contribution < 1.29 is 20.1 Å². The first-order chi connectivity index (χ1) is 15.0. The number of nitrogens with one attached hydrogen (secondary N) is 1. The molecule has 1 saturated carbocycles. The molecule has 1 unspecified atom stereocenters. The van der Waals surface area contributed by atoms with Crippen LogP contribution in [0, 0.1) is 0 Å². The molecule has 32 heavy (non-hydrogen) atoms. The molecule has 0 bridgehead atoms. The molecule has 3 aromatic rings. The van der Waals surface area contributed by atoms with Gasteiger partial charge in [0.2, 0.25) is 5.91 Å². The van der Waals surface area contributed by atoms with E-state index in [9.17, 15) is 20.1 Å². The van der Waals surface area contributed by atoms with Gasteiger partial charge in [0.1, 0.15) is 0 Å². The van der Waals surface area contributed by atoms with Crippen LogP contribution >= 0.6 is 0 Å². The van der Waals surface area contributed by atoms with E-state index in [2.05, 4.69) is 36.7 Å². The summed E-state index contributed by atoms with van der Waals surface area (Å²) in [6.45, 7) is 6.82. The van der Waals surface area contributed by atoms with Crippen molar-refractivity contribution in [2.24, 2.45) is 0 Å². The summed E-state index contributed by atoms with van der Waals surface area (Å²) in [6, 6.07) is 12.5. The Morgan fingerprint density at radius 3 is 2.44 bits per heavy atom. The Morgan fingerprint density at radius 1 is 1.12 bits per heavy atom. The highest BCUT2D eigenvalue weighted by Crippen LogP contribution is 2.50. The van der Waals surface area contributed by atoms with Crippen LogP contribution in [0.2, 0.25) is 5.82 Å². The molecule has 1 atom stereocenters. The number of aromatic hydroxyl groups is 2. The molecule has 4 rings (SSSR count). The number of hydrogen-bond acceptors (Lipinski definition) is 4. The van der Waals surface area contributed by atoms with Gasteiger partial charge in [0.05, 0.1) is 13.3 Å². The van der Waals surface area contributed by atoms with E-state index < -0.39 is 5.41 Å².